The molecule has 0 saturated carbocycles. The molecule has 22 heavy (non-hydrogen) atoms. The van der Waals surface area contributed by atoms with Crippen molar-refractivity contribution in [2.45, 2.75) is 13.0 Å². The van der Waals surface area contributed by atoms with Crippen LogP contribution >= 0.6 is 0 Å². The fourth-order valence-electron chi connectivity index (χ4n) is 2.44. The number of hydrogen-bond acceptors (Lipinski definition) is 3. The molecule has 2 N–H and O–H groups in total. The molecule has 112 valence electrons. The number of nitrogens with zero attached hydrogens (tertiary/aromatic N) is 2. The van der Waals surface area contributed by atoms with Crippen molar-refractivity contribution < 1.29 is 4.39 Å². The van der Waals surface area contributed by atoms with Crippen molar-refractivity contribution in [1.82, 2.24) is 20.5 Å². The molecule has 1 aromatic carbocycles. The van der Waals surface area contributed by atoms with Gasteiger partial charge in [0.2, 0.25) is 0 Å². The topological polar surface area (TPSA) is 53.6 Å². The van der Waals surface area contributed by atoms with E-state index in [4.69, 9.17) is 0 Å². The highest BCUT2D eigenvalue weighted by Gasteiger charge is 2.19. The Bertz CT molecular complexity index is 750. The molecule has 2 aromatic heterocycles. The fraction of sp³-hybridized carbons (Fsp3) is 0.176. The van der Waals surface area contributed by atoms with Gasteiger partial charge in [-0.05, 0) is 55.9 Å². The van der Waals surface area contributed by atoms with E-state index in [0.29, 0.717) is 0 Å². The van der Waals surface area contributed by atoms with Crippen molar-refractivity contribution in [1.29, 1.82) is 0 Å². The Hall–Kier alpha value is -2.53. The van der Waals surface area contributed by atoms with Gasteiger partial charge < -0.3 is 5.32 Å². The van der Waals surface area contributed by atoms with E-state index in [9.17, 15) is 4.39 Å². The molecule has 0 aliphatic heterocycles. The molecule has 1 unspecified atom stereocenters. The number of nitrogens with one attached hydrogen (secondary N) is 2. The van der Waals surface area contributed by atoms with E-state index in [0.717, 1.165) is 28.1 Å². The lowest BCUT2D eigenvalue weighted by molar-refractivity contribution is 0.628. The molecule has 0 radical (unpaired) electrons. The van der Waals surface area contributed by atoms with Crippen molar-refractivity contribution in [3.8, 4) is 22.4 Å². The zero-order valence-electron chi connectivity index (χ0n) is 12.5. The number of pyridine rings is 1. The second kappa shape index (κ2) is 6.07. The third kappa shape index (κ3) is 2.63. The molecular formula is C17H17FN4. The van der Waals surface area contributed by atoms with Gasteiger partial charge in [-0.25, -0.2) is 4.39 Å². The van der Waals surface area contributed by atoms with Gasteiger partial charge in [-0.3, -0.25) is 10.1 Å². The van der Waals surface area contributed by atoms with Crippen molar-refractivity contribution in [3.63, 3.8) is 0 Å². The summed E-state index contributed by atoms with van der Waals surface area (Å²) < 4.78 is 13.2. The molecule has 3 rings (SSSR count). The zero-order valence-corrected chi connectivity index (χ0v) is 12.5. The van der Waals surface area contributed by atoms with Crippen LogP contribution in [-0.2, 0) is 0 Å². The van der Waals surface area contributed by atoms with Crippen LogP contribution in [0.3, 0.4) is 0 Å². The summed E-state index contributed by atoms with van der Waals surface area (Å²) in [6.45, 7) is 2.06. The highest BCUT2D eigenvalue weighted by Crippen LogP contribution is 2.35. The Morgan fingerprint density at radius 2 is 1.73 bits per heavy atom. The summed E-state index contributed by atoms with van der Waals surface area (Å²) in [6, 6.07) is 10.4. The zero-order chi connectivity index (χ0) is 15.5. The molecule has 4 nitrogen and oxygen atoms in total. The lowest BCUT2D eigenvalue weighted by Gasteiger charge is -2.12. The third-order valence-electron chi connectivity index (χ3n) is 3.75. The van der Waals surface area contributed by atoms with Crippen LogP contribution in [-0.4, -0.2) is 22.2 Å². The first-order valence-electron chi connectivity index (χ1n) is 7.12. The third-order valence-corrected chi connectivity index (χ3v) is 3.75. The van der Waals surface area contributed by atoms with Gasteiger partial charge in [-0.15, -0.1) is 0 Å². The van der Waals surface area contributed by atoms with Crippen LogP contribution in [0.2, 0.25) is 0 Å². The number of hydrogen-bond donors (Lipinski definition) is 2. The van der Waals surface area contributed by atoms with Crippen LogP contribution in [0.4, 0.5) is 4.39 Å². The predicted octanol–water partition coefficient (Wildman–Crippen LogP) is 3.56. The number of halogens is 1. The monoisotopic (exact) mass is 296 g/mol. The summed E-state index contributed by atoms with van der Waals surface area (Å²) in [5, 5.41) is 10.8. The van der Waals surface area contributed by atoms with Gasteiger partial charge in [-0.1, -0.05) is 0 Å². The van der Waals surface area contributed by atoms with E-state index in [1.54, 1.807) is 24.5 Å². The van der Waals surface area contributed by atoms with Gasteiger partial charge in [0.25, 0.3) is 0 Å². The van der Waals surface area contributed by atoms with Crippen molar-refractivity contribution in [3.05, 3.63) is 60.3 Å². The number of aromatic amines is 1. The summed E-state index contributed by atoms with van der Waals surface area (Å²) in [5.74, 6) is -0.256. The Labute approximate surface area is 128 Å². The van der Waals surface area contributed by atoms with Crippen molar-refractivity contribution in [2.24, 2.45) is 0 Å². The first kappa shape index (κ1) is 14.4. The molecule has 0 fully saturated rings. The molecule has 1 atom stereocenters. The number of H-pyrrole nitrogens is 1. The summed E-state index contributed by atoms with van der Waals surface area (Å²) >= 11 is 0. The maximum Gasteiger partial charge on any atom is 0.123 e. The summed E-state index contributed by atoms with van der Waals surface area (Å²) in [4.78, 5) is 4.07. The molecular weight excluding hydrogens is 279 g/mol. The molecule has 0 saturated heterocycles. The average Bonchev–Trinajstić information content (AvgIpc) is 3.00. The molecule has 0 aliphatic carbocycles. The largest absolute Gasteiger partial charge is 0.312 e. The number of benzene rings is 1. The standard InChI is InChI=1S/C17H17FN4/c1-11(19-2)16-15(12-7-9-20-10-8-12)17(22-21-16)13-3-5-14(18)6-4-13/h3-11,19H,1-2H3,(H,21,22). The molecule has 2 heterocycles. The number of aromatic nitrogens is 3. The summed E-state index contributed by atoms with van der Waals surface area (Å²) in [6.07, 6.45) is 3.51. The average molecular weight is 296 g/mol. The maximum atomic E-state index is 13.2. The van der Waals surface area contributed by atoms with Crippen LogP contribution in [0.15, 0.2) is 48.8 Å². The van der Waals surface area contributed by atoms with E-state index in [2.05, 4.69) is 27.4 Å². The van der Waals surface area contributed by atoms with Gasteiger partial charge in [0.05, 0.1) is 5.69 Å². The summed E-state index contributed by atoms with van der Waals surface area (Å²) in [7, 11) is 1.90. The van der Waals surface area contributed by atoms with Crippen LogP contribution in [0.25, 0.3) is 22.4 Å². The second-order valence-corrected chi connectivity index (χ2v) is 5.11. The molecule has 0 aliphatic rings. The Balaban J connectivity index is 2.19. The van der Waals surface area contributed by atoms with Crippen LogP contribution in [0.1, 0.15) is 18.7 Å². The Morgan fingerprint density at radius 1 is 1.05 bits per heavy atom. The van der Waals surface area contributed by atoms with Gasteiger partial charge >= 0.3 is 0 Å². The van der Waals surface area contributed by atoms with Crippen LogP contribution < -0.4 is 5.32 Å². The Kier molecular flexibility index (Phi) is 3.98. The number of rotatable bonds is 4. The molecule has 0 amide bonds. The van der Waals surface area contributed by atoms with Gasteiger partial charge in [0.1, 0.15) is 11.5 Å². The fourth-order valence-corrected chi connectivity index (χ4v) is 2.44. The minimum absolute atomic E-state index is 0.116. The minimum atomic E-state index is -0.256. The van der Waals surface area contributed by atoms with E-state index >= 15 is 0 Å². The highest BCUT2D eigenvalue weighted by atomic mass is 19.1. The van der Waals surface area contributed by atoms with Gasteiger partial charge in [-0.2, -0.15) is 5.10 Å². The van der Waals surface area contributed by atoms with Crippen LogP contribution in [0, 0.1) is 5.82 Å². The van der Waals surface area contributed by atoms with Crippen LogP contribution in [0.5, 0.6) is 0 Å². The predicted molar refractivity (Wildman–Crippen MR) is 84.7 cm³/mol. The first-order chi connectivity index (χ1) is 10.7. The first-order valence-corrected chi connectivity index (χ1v) is 7.12. The van der Waals surface area contributed by atoms with E-state index in [-0.39, 0.29) is 11.9 Å². The van der Waals surface area contributed by atoms with Crippen molar-refractivity contribution >= 4 is 0 Å². The summed E-state index contributed by atoms with van der Waals surface area (Å²) in [5.41, 5.74) is 4.71. The normalized spacial score (nSPS) is 12.3. The molecule has 0 spiro atoms. The maximum absolute atomic E-state index is 13.2. The second-order valence-electron chi connectivity index (χ2n) is 5.11. The Morgan fingerprint density at radius 3 is 2.36 bits per heavy atom. The molecule has 3 aromatic rings. The quantitative estimate of drug-likeness (QED) is 0.774. The molecule has 0 bridgehead atoms. The van der Waals surface area contributed by atoms with E-state index < -0.39 is 0 Å². The highest BCUT2D eigenvalue weighted by molar-refractivity contribution is 5.82. The van der Waals surface area contributed by atoms with Gasteiger partial charge in [0, 0.05) is 29.6 Å². The van der Waals surface area contributed by atoms with E-state index in [1.807, 2.05) is 19.2 Å². The lowest BCUT2D eigenvalue weighted by Crippen LogP contribution is -2.13. The van der Waals surface area contributed by atoms with Gasteiger partial charge in [0.15, 0.2) is 0 Å². The smallest absolute Gasteiger partial charge is 0.123 e. The minimum Gasteiger partial charge on any atom is -0.312 e. The lowest BCUT2D eigenvalue weighted by atomic mass is 9.97. The van der Waals surface area contributed by atoms with E-state index in [1.165, 1.54) is 12.1 Å². The van der Waals surface area contributed by atoms with Crippen molar-refractivity contribution in [2.75, 3.05) is 7.05 Å². The molecule has 5 heteroatoms. The SMILES string of the molecule is CNC(C)c1[nH]nc(-c2ccc(F)cc2)c1-c1ccncc1.